The molecule has 2 rings (SSSR count). The highest BCUT2D eigenvalue weighted by molar-refractivity contribution is 14.0. The standard InChI is InChI=1S/C16H22FN5O.HI/c1-12(23-15-6-4-13(17)5-7-15)10-19-16(18-2)20-11-14-8-9-21-22(14)3;/h4-9,12H,10-11H2,1-3H3,(H2,18,19,20);1H. The highest BCUT2D eigenvalue weighted by Crippen LogP contribution is 2.12. The lowest BCUT2D eigenvalue weighted by Gasteiger charge is -2.17. The molecular weight excluding hydrogens is 424 g/mol. The zero-order valence-electron chi connectivity index (χ0n) is 14.0. The molecule has 1 unspecified atom stereocenters. The fraction of sp³-hybridized carbons (Fsp3) is 0.375. The van der Waals surface area contributed by atoms with E-state index >= 15 is 0 Å². The van der Waals surface area contributed by atoms with Crippen LogP contribution in [0.2, 0.25) is 0 Å². The molecule has 0 spiro atoms. The van der Waals surface area contributed by atoms with Gasteiger partial charge in [0.15, 0.2) is 5.96 Å². The van der Waals surface area contributed by atoms with Gasteiger partial charge in [-0.1, -0.05) is 0 Å². The Morgan fingerprint density at radius 1 is 1.29 bits per heavy atom. The molecule has 0 fully saturated rings. The van der Waals surface area contributed by atoms with Crippen molar-refractivity contribution in [1.29, 1.82) is 0 Å². The molecule has 1 aromatic heterocycles. The van der Waals surface area contributed by atoms with Crippen LogP contribution in [0, 0.1) is 5.82 Å². The van der Waals surface area contributed by atoms with Gasteiger partial charge in [0.2, 0.25) is 0 Å². The van der Waals surface area contributed by atoms with E-state index in [4.69, 9.17) is 4.74 Å². The molecule has 0 aliphatic carbocycles. The molecule has 1 aromatic carbocycles. The summed E-state index contributed by atoms with van der Waals surface area (Å²) in [6.07, 6.45) is 1.67. The van der Waals surface area contributed by atoms with E-state index in [0.29, 0.717) is 24.8 Å². The maximum atomic E-state index is 12.9. The van der Waals surface area contributed by atoms with E-state index in [1.165, 1.54) is 12.1 Å². The smallest absolute Gasteiger partial charge is 0.191 e. The molecule has 132 valence electrons. The average molecular weight is 447 g/mol. The molecule has 0 saturated carbocycles. The first kappa shape index (κ1) is 20.2. The quantitative estimate of drug-likeness (QED) is 0.406. The van der Waals surface area contributed by atoms with Crippen LogP contribution in [0.1, 0.15) is 12.6 Å². The molecule has 0 bridgehead atoms. The van der Waals surface area contributed by atoms with E-state index in [1.54, 1.807) is 30.1 Å². The van der Waals surface area contributed by atoms with Crippen LogP contribution in [0.25, 0.3) is 0 Å². The van der Waals surface area contributed by atoms with Gasteiger partial charge in [0.25, 0.3) is 0 Å². The van der Waals surface area contributed by atoms with Crippen molar-refractivity contribution in [2.45, 2.75) is 19.6 Å². The van der Waals surface area contributed by atoms with Crippen LogP contribution in [0.3, 0.4) is 0 Å². The monoisotopic (exact) mass is 447 g/mol. The number of nitrogens with one attached hydrogen (secondary N) is 2. The van der Waals surface area contributed by atoms with Crippen molar-refractivity contribution in [2.75, 3.05) is 13.6 Å². The Morgan fingerprint density at radius 2 is 2.00 bits per heavy atom. The molecule has 0 aliphatic rings. The summed E-state index contributed by atoms with van der Waals surface area (Å²) in [6, 6.07) is 7.93. The zero-order valence-corrected chi connectivity index (χ0v) is 16.3. The minimum absolute atomic E-state index is 0. The van der Waals surface area contributed by atoms with Crippen LogP contribution < -0.4 is 15.4 Å². The van der Waals surface area contributed by atoms with Gasteiger partial charge in [-0.25, -0.2) is 4.39 Å². The fourth-order valence-corrected chi connectivity index (χ4v) is 2.00. The predicted molar refractivity (Wildman–Crippen MR) is 103 cm³/mol. The van der Waals surface area contributed by atoms with Gasteiger partial charge in [-0.2, -0.15) is 5.10 Å². The first-order valence-corrected chi connectivity index (χ1v) is 7.42. The van der Waals surface area contributed by atoms with E-state index in [2.05, 4.69) is 20.7 Å². The molecule has 0 amide bonds. The van der Waals surface area contributed by atoms with Crippen molar-refractivity contribution in [3.8, 4) is 5.75 Å². The van der Waals surface area contributed by atoms with Gasteiger partial charge in [0.1, 0.15) is 17.7 Å². The summed E-state index contributed by atoms with van der Waals surface area (Å²) in [7, 11) is 3.61. The molecule has 1 atom stereocenters. The Balaban J connectivity index is 0.00000288. The summed E-state index contributed by atoms with van der Waals surface area (Å²) < 4.78 is 20.4. The molecule has 6 nitrogen and oxygen atoms in total. The van der Waals surface area contributed by atoms with Gasteiger partial charge in [-0.15, -0.1) is 24.0 Å². The second kappa shape index (κ2) is 10.1. The number of hydrogen-bond acceptors (Lipinski definition) is 3. The molecule has 8 heteroatoms. The average Bonchev–Trinajstić information content (AvgIpc) is 2.95. The summed E-state index contributed by atoms with van der Waals surface area (Å²) >= 11 is 0. The fourth-order valence-electron chi connectivity index (χ4n) is 2.00. The Bertz CT molecular complexity index is 644. The van der Waals surface area contributed by atoms with E-state index in [-0.39, 0.29) is 35.9 Å². The second-order valence-electron chi connectivity index (χ2n) is 5.14. The number of aliphatic imine (C=N–C) groups is 1. The molecule has 0 saturated heterocycles. The van der Waals surface area contributed by atoms with Crippen LogP contribution in [0.5, 0.6) is 5.75 Å². The summed E-state index contributed by atoms with van der Waals surface area (Å²) in [5, 5.41) is 10.5. The van der Waals surface area contributed by atoms with Gasteiger partial charge in [0, 0.05) is 20.3 Å². The van der Waals surface area contributed by atoms with Gasteiger partial charge in [0.05, 0.1) is 18.8 Å². The van der Waals surface area contributed by atoms with E-state index in [9.17, 15) is 4.39 Å². The summed E-state index contributed by atoms with van der Waals surface area (Å²) in [6.45, 7) is 3.14. The lowest BCUT2D eigenvalue weighted by molar-refractivity contribution is 0.223. The number of aromatic nitrogens is 2. The number of guanidine groups is 1. The Morgan fingerprint density at radius 3 is 2.58 bits per heavy atom. The summed E-state index contributed by atoms with van der Waals surface area (Å²) in [4.78, 5) is 4.17. The first-order valence-electron chi connectivity index (χ1n) is 7.42. The number of halogens is 2. The zero-order chi connectivity index (χ0) is 16.7. The van der Waals surface area contributed by atoms with Crippen molar-refractivity contribution in [1.82, 2.24) is 20.4 Å². The Kier molecular flexibility index (Phi) is 8.51. The number of aryl methyl sites for hydroxylation is 1. The maximum Gasteiger partial charge on any atom is 0.191 e. The lowest BCUT2D eigenvalue weighted by atomic mass is 10.3. The number of rotatable bonds is 6. The third kappa shape index (κ3) is 6.34. The van der Waals surface area contributed by atoms with Gasteiger partial charge in [-0.05, 0) is 37.3 Å². The number of benzene rings is 1. The van der Waals surface area contributed by atoms with Crippen LogP contribution in [0.15, 0.2) is 41.5 Å². The van der Waals surface area contributed by atoms with Crippen molar-refractivity contribution in [2.24, 2.45) is 12.0 Å². The summed E-state index contributed by atoms with van der Waals surface area (Å²) in [5.74, 6) is 1.04. The van der Waals surface area contributed by atoms with Gasteiger partial charge >= 0.3 is 0 Å². The molecular formula is C16H23FIN5O. The van der Waals surface area contributed by atoms with Crippen LogP contribution >= 0.6 is 24.0 Å². The SMILES string of the molecule is CN=C(NCc1ccnn1C)NCC(C)Oc1ccc(F)cc1.I. The van der Waals surface area contributed by atoms with E-state index < -0.39 is 0 Å². The van der Waals surface area contributed by atoms with Crippen LogP contribution in [-0.2, 0) is 13.6 Å². The predicted octanol–water partition coefficient (Wildman–Crippen LogP) is 2.31. The van der Waals surface area contributed by atoms with Crippen molar-refractivity contribution in [3.05, 3.63) is 48.0 Å². The van der Waals surface area contributed by atoms with E-state index in [0.717, 1.165) is 5.69 Å². The van der Waals surface area contributed by atoms with Crippen LogP contribution in [-0.4, -0.2) is 35.4 Å². The molecule has 1 heterocycles. The highest BCUT2D eigenvalue weighted by atomic mass is 127. The first-order chi connectivity index (χ1) is 11.1. The second-order valence-corrected chi connectivity index (χ2v) is 5.14. The topological polar surface area (TPSA) is 63.5 Å². The minimum Gasteiger partial charge on any atom is -0.489 e. The molecule has 0 aliphatic heterocycles. The molecule has 2 N–H and O–H groups in total. The third-order valence-electron chi connectivity index (χ3n) is 3.29. The van der Waals surface area contributed by atoms with Crippen molar-refractivity contribution in [3.63, 3.8) is 0 Å². The van der Waals surface area contributed by atoms with Crippen molar-refractivity contribution >= 4 is 29.9 Å². The largest absolute Gasteiger partial charge is 0.489 e. The third-order valence-corrected chi connectivity index (χ3v) is 3.29. The Hall–Kier alpha value is -1.84. The lowest BCUT2D eigenvalue weighted by Crippen LogP contribution is -2.41. The molecule has 24 heavy (non-hydrogen) atoms. The number of ether oxygens (including phenoxy) is 1. The minimum atomic E-state index is -0.275. The number of nitrogens with zero attached hydrogens (tertiary/aromatic N) is 3. The normalized spacial score (nSPS) is 12.2. The maximum absolute atomic E-state index is 12.9. The Labute approximate surface area is 158 Å². The summed E-state index contributed by atoms with van der Waals surface area (Å²) in [5.41, 5.74) is 1.06. The molecule has 0 radical (unpaired) electrons. The van der Waals surface area contributed by atoms with E-state index in [1.807, 2.05) is 20.0 Å². The van der Waals surface area contributed by atoms with Crippen LogP contribution in [0.4, 0.5) is 4.39 Å². The van der Waals surface area contributed by atoms with Gasteiger partial charge < -0.3 is 15.4 Å². The molecule has 2 aromatic rings. The van der Waals surface area contributed by atoms with Crippen molar-refractivity contribution < 1.29 is 9.13 Å². The highest BCUT2D eigenvalue weighted by Gasteiger charge is 2.06. The van der Waals surface area contributed by atoms with Gasteiger partial charge in [-0.3, -0.25) is 9.67 Å². The number of hydrogen-bond donors (Lipinski definition) is 2.